The summed E-state index contributed by atoms with van der Waals surface area (Å²) in [6, 6.07) is 0. The average Bonchev–Trinajstić information content (AvgIpc) is 1.69. The fraction of sp³-hybridized carbons (Fsp3) is 0.833. The van der Waals surface area contributed by atoms with Crippen molar-refractivity contribution in [3.8, 4) is 0 Å². The molecular weight excluding hydrogens is 102 g/mol. The highest BCUT2D eigenvalue weighted by Crippen LogP contribution is 2.04. The Morgan fingerprint density at radius 3 is 1.88 bits per heavy atom. The third-order valence-electron chi connectivity index (χ3n) is 1.36. The maximum absolute atomic E-state index is 10.3. The summed E-state index contributed by atoms with van der Waals surface area (Å²) in [5, 5.41) is 17.0. The monoisotopic (exact) mass is 114 g/mol. The molecular formula is C6H12NO-. The van der Waals surface area contributed by atoms with Gasteiger partial charge in [-0.15, -0.1) is 0 Å². The van der Waals surface area contributed by atoms with Crippen LogP contribution in [0, 0.1) is 11.3 Å². The van der Waals surface area contributed by atoms with Crippen molar-refractivity contribution in [2.45, 2.75) is 26.7 Å². The maximum Gasteiger partial charge on any atom is -0.0142 e. The minimum atomic E-state index is -0.421. The van der Waals surface area contributed by atoms with E-state index in [1.54, 1.807) is 0 Å². The van der Waals surface area contributed by atoms with Gasteiger partial charge in [-0.05, 0) is 24.7 Å². The van der Waals surface area contributed by atoms with Crippen molar-refractivity contribution in [2.24, 2.45) is 5.92 Å². The predicted octanol–water partition coefficient (Wildman–Crippen LogP) is 0.760. The molecule has 0 saturated heterocycles. The van der Waals surface area contributed by atoms with Gasteiger partial charge in [0.2, 0.25) is 0 Å². The fourth-order valence-corrected chi connectivity index (χ4v) is 0.659. The summed E-state index contributed by atoms with van der Waals surface area (Å²) in [4.78, 5) is 0. The molecule has 0 saturated carbocycles. The van der Waals surface area contributed by atoms with Gasteiger partial charge in [0.1, 0.15) is 0 Å². The second kappa shape index (κ2) is 3.47. The van der Waals surface area contributed by atoms with Crippen LogP contribution in [0.1, 0.15) is 26.7 Å². The molecule has 0 radical (unpaired) electrons. The van der Waals surface area contributed by atoms with Crippen molar-refractivity contribution >= 4 is 5.90 Å². The van der Waals surface area contributed by atoms with Crippen LogP contribution < -0.4 is 5.11 Å². The molecule has 0 aromatic rings. The maximum atomic E-state index is 10.3. The highest BCUT2D eigenvalue weighted by atomic mass is 16.3. The second-order valence-electron chi connectivity index (χ2n) is 1.88. The number of hydrogen-bond donors (Lipinski definition) is 1. The van der Waals surface area contributed by atoms with E-state index in [9.17, 15) is 5.11 Å². The van der Waals surface area contributed by atoms with Gasteiger partial charge in [0.25, 0.3) is 0 Å². The van der Waals surface area contributed by atoms with E-state index < -0.39 is 5.90 Å². The molecule has 0 aromatic heterocycles. The van der Waals surface area contributed by atoms with E-state index in [1.807, 2.05) is 13.8 Å². The van der Waals surface area contributed by atoms with E-state index in [4.69, 9.17) is 5.41 Å². The van der Waals surface area contributed by atoms with Gasteiger partial charge in [0.15, 0.2) is 0 Å². The van der Waals surface area contributed by atoms with Crippen molar-refractivity contribution < 1.29 is 5.11 Å². The first kappa shape index (κ1) is 7.47. The average molecular weight is 114 g/mol. The molecule has 0 atom stereocenters. The molecule has 0 spiro atoms. The first-order chi connectivity index (χ1) is 3.72. The van der Waals surface area contributed by atoms with Gasteiger partial charge in [-0.2, -0.15) is 0 Å². The van der Waals surface area contributed by atoms with E-state index in [0.29, 0.717) is 0 Å². The third-order valence-corrected chi connectivity index (χ3v) is 1.36. The Labute approximate surface area is 50.0 Å². The van der Waals surface area contributed by atoms with Crippen LogP contribution in [0.3, 0.4) is 0 Å². The Hall–Kier alpha value is -0.530. The van der Waals surface area contributed by atoms with Crippen LogP contribution in [-0.4, -0.2) is 5.90 Å². The van der Waals surface area contributed by atoms with Crippen LogP contribution in [0.4, 0.5) is 0 Å². The van der Waals surface area contributed by atoms with Crippen LogP contribution in [0.2, 0.25) is 0 Å². The van der Waals surface area contributed by atoms with Gasteiger partial charge >= 0.3 is 0 Å². The van der Waals surface area contributed by atoms with E-state index in [2.05, 4.69) is 0 Å². The van der Waals surface area contributed by atoms with E-state index in [1.165, 1.54) is 0 Å². The molecule has 0 fully saturated rings. The van der Waals surface area contributed by atoms with Crippen molar-refractivity contribution in [1.29, 1.82) is 5.41 Å². The molecule has 48 valence electrons. The largest absolute Gasteiger partial charge is 0.862 e. The Balaban J connectivity index is 3.52. The molecule has 0 aliphatic heterocycles. The van der Waals surface area contributed by atoms with Gasteiger partial charge < -0.3 is 10.5 Å². The molecule has 0 unspecified atom stereocenters. The van der Waals surface area contributed by atoms with Gasteiger partial charge in [-0.25, -0.2) is 0 Å². The van der Waals surface area contributed by atoms with Crippen LogP contribution >= 0.6 is 0 Å². The summed E-state index contributed by atoms with van der Waals surface area (Å²) in [6.45, 7) is 3.86. The standard InChI is InChI=1S/C6H13NO/c1-3-5(4-2)6(7)8/h5H,3-4H2,1-2H3,(H2,7,8)/p-1. The Morgan fingerprint density at radius 2 is 1.88 bits per heavy atom. The molecule has 0 bridgehead atoms. The second-order valence-corrected chi connectivity index (χ2v) is 1.88. The molecule has 8 heavy (non-hydrogen) atoms. The minimum absolute atomic E-state index is 0.0185. The lowest BCUT2D eigenvalue weighted by atomic mass is 10.0. The molecule has 0 aliphatic carbocycles. The van der Waals surface area contributed by atoms with E-state index in [-0.39, 0.29) is 5.92 Å². The van der Waals surface area contributed by atoms with Crippen molar-refractivity contribution in [3.63, 3.8) is 0 Å². The van der Waals surface area contributed by atoms with Crippen LogP contribution in [0.15, 0.2) is 0 Å². The number of nitrogens with one attached hydrogen (secondary N) is 1. The van der Waals surface area contributed by atoms with Gasteiger partial charge in [-0.1, -0.05) is 13.8 Å². The lowest BCUT2D eigenvalue weighted by molar-refractivity contribution is -0.225. The Bertz CT molecular complexity index is 76.6. The highest BCUT2D eigenvalue weighted by Gasteiger charge is 1.98. The van der Waals surface area contributed by atoms with E-state index in [0.717, 1.165) is 12.8 Å². The number of hydrogen-bond acceptors (Lipinski definition) is 2. The zero-order chi connectivity index (χ0) is 6.57. The molecule has 1 N–H and O–H groups in total. The SMILES string of the molecule is CCC(CC)C(=N)[O-]. The van der Waals surface area contributed by atoms with Crippen molar-refractivity contribution in [3.05, 3.63) is 0 Å². The van der Waals surface area contributed by atoms with Crippen molar-refractivity contribution in [1.82, 2.24) is 0 Å². The van der Waals surface area contributed by atoms with Crippen LogP contribution in [0.5, 0.6) is 0 Å². The number of rotatable bonds is 3. The topological polar surface area (TPSA) is 46.9 Å². The molecule has 0 aromatic carbocycles. The Kier molecular flexibility index (Phi) is 3.24. The normalized spacial score (nSPS) is 9.88. The van der Waals surface area contributed by atoms with Crippen LogP contribution in [0.25, 0.3) is 0 Å². The summed E-state index contributed by atoms with van der Waals surface area (Å²) >= 11 is 0. The quantitative estimate of drug-likeness (QED) is 0.427. The summed E-state index contributed by atoms with van der Waals surface area (Å²) in [5.74, 6) is -0.440. The molecule has 2 nitrogen and oxygen atoms in total. The van der Waals surface area contributed by atoms with E-state index >= 15 is 0 Å². The van der Waals surface area contributed by atoms with Gasteiger partial charge in [0, 0.05) is 0 Å². The molecule has 2 heteroatoms. The lowest BCUT2D eigenvalue weighted by Crippen LogP contribution is -2.25. The molecule has 0 aliphatic rings. The summed E-state index contributed by atoms with van der Waals surface area (Å²) in [7, 11) is 0. The third kappa shape index (κ3) is 1.96. The lowest BCUT2D eigenvalue weighted by Gasteiger charge is -2.16. The smallest absolute Gasteiger partial charge is 0.0142 e. The zero-order valence-corrected chi connectivity index (χ0v) is 5.40. The summed E-state index contributed by atoms with van der Waals surface area (Å²) < 4.78 is 0. The highest BCUT2D eigenvalue weighted by molar-refractivity contribution is 5.70. The summed E-state index contributed by atoms with van der Waals surface area (Å²) in [5.41, 5.74) is 0. The van der Waals surface area contributed by atoms with Crippen molar-refractivity contribution in [2.75, 3.05) is 0 Å². The first-order valence-electron chi connectivity index (χ1n) is 2.97. The first-order valence-corrected chi connectivity index (χ1v) is 2.97. The zero-order valence-electron chi connectivity index (χ0n) is 5.40. The molecule has 0 heterocycles. The molecule has 0 amide bonds. The fourth-order valence-electron chi connectivity index (χ4n) is 0.659. The predicted molar refractivity (Wildman–Crippen MR) is 31.8 cm³/mol. The summed E-state index contributed by atoms with van der Waals surface area (Å²) in [6.07, 6.45) is 1.61. The minimum Gasteiger partial charge on any atom is -0.862 e. The van der Waals surface area contributed by atoms with Gasteiger partial charge in [-0.3, -0.25) is 0 Å². The molecule has 0 rings (SSSR count). The van der Waals surface area contributed by atoms with Crippen LogP contribution in [-0.2, 0) is 0 Å². The Morgan fingerprint density at radius 1 is 1.50 bits per heavy atom. The van der Waals surface area contributed by atoms with Gasteiger partial charge in [0.05, 0.1) is 0 Å².